The molecule has 0 aliphatic carbocycles. The Kier molecular flexibility index (Phi) is 2.98. The first-order valence-corrected chi connectivity index (χ1v) is 4.32. The van der Waals surface area contributed by atoms with E-state index < -0.39 is 16.8 Å². The lowest BCUT2D eigenvalue weighted by atomic mass is 10.1. The Labute approximate surface area is 81.3 Å². The Morgan fingerprint density at radius 1 is 1.15 bits per heavy atom. The third kappa shape index (κ3) is 2.70. The summed E-state index contributed by atoms with van der Waals surface area (Å²) >= 11 is 2.83. The van der Waals surface area contributed by atoms with Crippen LogP contribution in [0.25, 0.3) is 0 Å². The van der Waals surface area contributed by atoms with E-state index in [0.29, 0.717) is 5.56 Å². The van der Waals surface area contributed by atoms with E-state index in [0.717, 1.165) is 12.1 Å². The highest BCUT2D eigenvalue weighted by Gasteiger charge is 2.30. The first-order valence-electron chi connectivity index (χ1n) is 3.40. The molecule has 1 N–H and O–H groups in total. The summed E-state index contributed by atoms with van der Waals surface area (Å²) in [5.41, 5.74) is -0.322. The molecule has 0 heterocycles. The summed E-state index contributed by atoms with van der Waals surface area (Å²) in [6.07, 6.45) is -4.32. The van der Waals surface area contributed by atoms with Crippen molar-refractivity contribution >= 4 is 15.9 Å². The molecule has 0 aromatic heterocycles. The van der Waals surface area contributed by atoms with Gasteiger partial charge in [0.25, 0.3) is 0 Å². The van der Waals surface area contributed by atoms with Crippen LogP contribution in [-0.4, -0.2) is 5.11 Å². The maximum Gasteiger partial charge on any atom is 0.416 e. The average Bonchev–Trinajstić information content (AvgIpc) is 2.03. The normalized spacial score (nSPS) is 14.2. The number of hydrogen-bond acceptors (Lipinski definition) is 1. The van der Waals surface area contributed by atoms with E-state index in [1.165, 1.54) is 12.1 Å². The van der Waals surface area contributed by atoms with Gasteiger partial charge < -0.3 is 5.11 Å². The van der Waals surface area contributed by atoms with Gasteiger partial charge in [0, 0.05) is 0 Å². The van der Waals surface area contributed by atoms with Crippen LogP contribution in [0.15, 0.2) is 24.3 Å². The highest BCUT2D eigenvalue weighted by atomic mass is 79.9. The number of halogens is 4. The van der Waals surface area contributed by atoms with Gasteiger partial charge in [0.1, 0.15) is 5.01 Å². The molecule has 0 bridgehead atoms. The monoisotopic (exact) mass is 254 g/mol. The lowest BCUT2D eigenvalue weighted by Crippen LogP contribution is -2.04. The van der Waals surface area contributed by atoms with Crippen molar-refractivity contribution in [3.63, 3.8) is 0 Å². The molecule has 1 aromatic rings. The van der Waals surface area contributed by atoms with Gasteiger partial charge >= 0.3 is 6.18 Å². The predicted molar refractivity (Wildman–Crippen MR) is 45.3 cm³/mol. The van der Waals surface area contributed by atoms with Gasteiger partial charge in [0.05, 0.1) is 5.56 Å². The summed E-state index contributed by atoms with van der Waals surface area (Å²) in [7, 11) is 0. The molecule has 1 nitrogen and oxygen atoms in total. The van der Waals surface area contributed by atoms with Crippen LogP contribution in [-0.2, 0) is 6.18 Å². The Bertz CT molecular complexity index is 278. The topological polar surface area (TPSA) is 20.2 Å². The number of rotatable bonds is 1. The minimum atomic E-state index is -4.32. The molecule has 5 heteroatoms. The van der Waals surface area contributed by atoms with Crippen LogP contribution in [0.2, 0.25) is 0 Å². The van der Waals surface area contributed by atoms with Crippen LogP contribution >= 0.6 is 15.9 Å². The largest absolute Gasteiger partial charge is 0.416 e. The molecular weight excluding hydrogens is 249 g/mol. The number of aliphatic hydroxyl groups excluding tert-OH is 1. The van der Waals surface area contributed by atoms with Crippen molar-refractivity contribution < 1.29 is 18.3 Å². The molecule has 0 amide bonds. The maximum atomic E-state index is 12.0. The Morgan fingerprint density at radius 2 is 1.62 bits per heavy atom. The Morgan fingerprint density at radius 3 is 1.92 bits per heavy atom. The smallest absolute Gasteiger partial charge is 0.377 e. The summed E-state index contributed by atoms with van der Waals surface area (Å²) in [6.45, 7) is 0. The second-order valence-corrected chi connectivity index (χ2v) is 3.32. The zero-order chi connectivity index (χ0) is 10.1. The van der Waals surface area contributed by atoms with E-state index in [1.54, 1.807) is 0 Å². The molecule has 0 spiro atoms. The molecule has 72 valence electrons. The second kappa shape index (κ2) is 3.67. The van der Waals surface area contributed by atoms with Gasteiger partial charge in [0.15, 0.2) is 0 Å². The van der Waals surface area contributed by atoms with Crippen molar-refractivity contribution in [1.29, 1.82) is 0 Å². The van der Waals surface area contributed by atoms with Gasteiger partial charge in [-0.3, -0.25) is 0 Å². The van der Waals surface area contributed by atoms with Crippen LogP contribution in [0.3, 0.4) is 0 Å². The molecule has 0 fully saturated rings. The maximum absolute atomic E-state index is 12.0. The molecule has 0 saturated heterocycles. The zero-order valence-corrected chi connectivity index (χ0v) is 7.93. The highest BCUT2D eigenvalue weighted by Crippen LogP contribution is 2.30. The number of aliphatic hydroxyl groups is 1. The van der Waals surface area contributed by atoms with E-state index in [1.807, 2.05) is 0 Å². The molecule has 0 aliphatic heterocycles. The van der Waals surface area contributed by atoms with Crippen molar-refractivity contribution in [2.24, 2.45) is 0 Å². The second-order valence-electron chi connectivity index (χ2n) is 2.46. The van der Waals surface area contributed by atoms with E-state index in [4.69, 9.17) is 5.11 Å². The van der Waals surface area contributed by atoms with Gasteiger partial charge in [-0.05, 0) is 17.7 Å². The van der Waals surface area contributed by atoms with Gasteiger partial charge in [-0.15, -0.1) is 0 Å². The molecule has 1 aromatic carbocycles. The highest BCUT2D eigenvalue weighted by molar-refractivity contribution is 9.09. The quantitative estimate of drug-likeness (QED) is 0.764. The van der Waals surface area contributed by atoms with Gasteiger partial charge in [-0.25, -0.2) is 0 Å². The first kappa shape index (κ1) is 10.5. The fourth-order valence-corrected chi connectivity index (χ4v) is 1.14. The summed E-state index contributed by atoms with van der Waals surface area (Å²) in [5, 5.41) is 8.03. The third-order valence-electron chi connectivity index (χ3n) is 1.51. The molecule has 0 aliphatic rings. The number of alkyl halides is 4. The third-order valence-corrected chi connectivity index (χ3v) is 2.04. The molecular formula is C8H6BrF3O. The van der Waals surface area contributed by atoms with E-state index in [9.17, 15) is 13.2 Å². The van der Waals surface area contributed by atoms with Gasteiger partial charge in [-0.1, -0.05) is 28.1 Å². The SMILES string of the molecule is OC(Br)c1ccc(C(F)(F)F)cc1. The Balaban J connectivity index is 2.94. The van der Waals surface area contributed by atoms with Crippen LogP contribution in [0.5, 0.6) is 0 Å². The summed E-state index contributed by atoms with van der Waals surface area (Å²) in [5.74, 6) is 0. The van der Waals surface area contributed by atoms with Gasteiger partial charge in [0.2, 0.25) is 0 Å². The standard InChI is InChI=1S/C8H6BrF3O/c9-7(13)5-1-3-6(4-2-5)8(10,11)12/h1-4,7,13H. The summed E-state index contributed by atoms with van der Waals surface area (Å²) in [4.78, 5) is 0. The van der Waals surface area contributed by atoms with Crippen molar-refractivity contribution in [2.75, 3.05) is 0 Å². The molecule has 1 unspecified atom stereocenters. The summed E-state index contributed by atoms with van der Waals surface area (Å²) in [6, 6.07) is 4.31. The van der Waals surface area contributed by atoms with Crippen LogP contribution in [0, 0.1) is 0 Å². The van der Waals surface area contributed by atoms with E-state index >= 15 is 0 Å². The van der Waals surface area contributed by atoms with Crippen LogP contribution in [0.4, 0.5) is 13.2 Å². The van der Waals surface area contributed by atoms with E-state index in [-0.39, 0.29) is 0 Å². The molecule has 0 saturated carbocycles. The van der Waals surface area contributed by atoms with Gasteiger partial charge in [-0.2, -0.15) is 13.2 Å². The fraction of sp³-hybridized carbons (Fsp3) is 0.250. The first-order chi connectivity index (χ1) is 5.91. The number of benzene rings is 1. The fourth-order valence-electron chi connectivity index (χ4n) is 0.831. The minimum Gasteiger partial charge on any atom is -0.377 e. The van der Waals surface area contributed by atoms with Crippen molar-refractivity contribution in [2.45, 2.75) is 11.2 Å². The van der Waals surface area contributed by atoms with Crippen molar-refractivity contribution in [3.8, 4) is 0 Å². The van der Waals surface area contributed by atoms with Crippen molar-refractivity contribution in [1.82, 2.24) is 0 Å². The molecule has 1 atom stereocenters. The van der Waals surface area contributed by atoms with Crippen LogP contribution < -0.4 is 0 Å². The predicted octanol–water partition coefficient (Wildman–Crippen LogP) is 3.09. The summed E-state index contributed by atoms with van der Waals surface area (Å²) < 4.78 is 36.1. The number of hydrogen-bond donors (Lipinski definition) is 1. The van der Waals surface area contributed by atoms with Crippen LogP contribution in [0.1, 0.15) is 16.1 Å². The molecule has 0 radical (unpaired) electrons. The minimum absolute atomic E-state index is 0.396. The lowest BCUT2D eigenvalue weighted by molar-refractivity contribution is -0.137. The Hall–Kier alpha value is -0.550. The van der Waals surface area contributed by atoms with E-state index in [2.05, 4.69) is 15.9 Å². The van der Waals surface area contributed by atoms with Crippen molar-refractivity contribution in [3.05, 3.63) is 35.4 Å². The molecule has 1 rings (SSSR count). The molecule has 13 heavy (non-hydrogen) atoms. The average molecular weight is 255 g/mol. The zero-order valence-electron chi connectivity index (χ0n) is 6.35. The lowest BCUT2D eigenvalue weighted by Gasteiger charge is -2.07.